The fourth-order valence-electron chi connectivity index (χ4n) is 1.62. The smallest absolute Gasteiger partial charge is 0.266 e. The minimum Gasteiger partial charge on any atom is -0.508 e. The Morgan fingerprint density at radius 1 is 1.29 bits per heavy atom. The van der Waals surface area contributed by atoms with E-state index < -0.39 is 21.8 Å². The Morgan fingerprint density at radius 2 is 1.90 bits per heavy atom. The molecule has 0 aliphatic carbocycles. The lowest BCUT2D eigenvalue weighted by molar-refractivity contribution is -0.121. The molecule has 0 unspecified atom stereocenters. The van der Waals surface area contributed by atoms with Crippen molar-refractivity contribution < 1.29 is 22.9 Å². The molecule has 0 spiro atoms. The van der Waals surface area contributed by atoms with Gasteiger partial charge in [-0.3, -0.25) is 14.2 Å². The van der Waals surface area contributed by atoms with Crippen LogP contribution in [0.2, 0.25) is 0 Å². The number of amides is 1. The maximum atomic E-state index is 12.1. The first-order valence-corrected chi connectivity index (χ1v) is 8.59. The zero-order valence-corrected chi connectivity index (χ0v) is 13.0. The number of phenolic OH excluding ortho intramolecular Hbond substituents is 1. The Balaban J connectivity index is 2.15. The van der Waals surface area contributed by atoms with Crippen molar-refractivity contribution in [3.05, 3.63) is 34.7 Å². The van der Waals surface area contributed by atoms with Crippen LogP contribution < -0.4 is 0 Å². The molecule has 1 amide bonds. The third-order valence-corrected chi connectivity index (χ3v) is 4.71. The summed E-state index contributed by atoms with van der Waals surface area (Å²) in [6.45, 7) is -0.184. The molecular weight excluding hydrogens is 334 g/mol. The fraction of sp³-hybridized carbons (Fsp3) is 0.167. The highest BCUT2D eigenvalue weighted by atomic mass is 32.2. The normalized spacial score (nSPS) is 17.8. The molecule has 1 aromatic carbocycles. The van der Waals surface area contributed by atoms with Gasteiger partial charge in [-0.2, -0.15) is 8.42 Å². The largest absolute Gasteiger partial charge is 0.508 e. The Bertz CT molecular complexity index is 709. The number of nitrogens with zero attached hydrogens (tertiary/aromatic N) is 1. The van der Waals surface area contributed by atoms with Crippen LogP contribution in [0, 0.1) is 0 Å². The highest BCUT2D eigenvalue weighted by Crippen LogP contribution is 2.32. The molecule has 1 fully saturated rings. The van der Waals surface area contributed by atoms with Gasteiger partial charge in [0.2, 0.25) is 0 Å². The highest BCUT2D eigenvalue weighted by molar-refractivity contribution is 8.26. The van der Waals surface area contributed by atoms with Crippen molar-refractivity contribution in [2.75, 3.05) is 12.3 Å². The summed E-state index contributed by atoms with van der Waals surface area (Å²) in [4.78, 5) is 13.6. The van der Waals surface area contributed by atoms with E-state index in [0.717, 1.165) is 16.7 Å². The van der Waals surface area contributed by atoms with Gasteiger partial charge < -0.3 is 5.11 Å². The van der Waals surface area contributed by atoms with E-state index in [1.165, 1.54) is 12.1 Å². The highest BCUT2D eigenvalue weighted by Gasteiger charge is 2.32. The molecule has 9 heteroatoms. The second-order valence-corrected chi connectivity index (χ2v) is 7.46. The maximum Gasteiger partial charge on any atom is 0.266 e. The quantitative estimate of drug-likeness (QED) is 0.485. The van der Waals surface area contributed by atoms with Crippen LogP contribution in [0.3, 0.4) is 0 Å². The van der Waals surface area contributed by atoms with Crippen molar-refractivity contribution >= 4 is 50.4 Å². The third kappa shape index (κ3) is 4.27. The number of thiocarbonyl (C=S) groups is 1. The average Bonchev–Trinajstić information content (AvgIpc) is 2.64. The van der Waals surface area contributed by atoms with Crippen molar-refractivity contribution in [1.82, 2.24) is 4.90 Å². The summed E-state index contributed by atoms with van der Waals surface area (Å²) in [6.07, 6.45) is 1.60. The topological polar surface area (TPSA) is 94.9 Å². The second kappa shape index (κ2) is 6.14. The zero-order chi connectivity index (χ0) is 15.6. The van der Waals surface area contributed by atoms with Gasteiger partial charge in [0.15, 0.2) is 0 Å². The molecule has 1 aromatic rings. The van der Waals surface area contributed by atoms with Crippen LogP contribution in [0.4, 0.5) is 0 Å². The van der Waals surface area contributed by atoms with E-state index in [0.29, 0.717) is 10.5 Å². The molecular formula is C12H11NO5S3. The predicted molar refractivity (Wildman–Crippen MR) is 84.4 cm³/mol. The molecule has 0 bridgehead atoms. The number of rotatable bonds is 4. The van der Waals surface area contributed by atoms with Gasteiger partial charge in [-0.25, -0.2) is 0 Å². The molecule has 0 radical (unpaired) electrons. The van der Waals surface area contributed by atoms with Crippen molar-refractivity contribution in [2.45, 2.75) is 0 Å². The summed E-state index contributed by atoms with van der Waals surface area (Å²) < 4.78 is 30.4. The number of benzene rings is 1. The van der Waals surface area contributed by atoms with Gasteiger partial charge in [0, 0.05) is 6.54 Å². The van der Waals surface area contributed by atoms with Crippen molar-refractivity contribution in [3.8, 4) is 5.75 Å². The summed E-state index contributed by atoms with van der Waals surface area (Å²) in [6, 6.07) is 6.26. The number of hydrogen-bond acceptors (Lipinski definition) is 6. The average molecular weight is 345 g/mol. The summed E-state index contributed by atoms with van der Waals surface area (Å²) in [7, 11) is -4.15. The van der Waals surface area contributed by atoms with Crippen LogP contribution >= 0.6 is 24.0 Å². The van der Waals surface area contributed by atoms with Gasteiger partial charge in [-0.15, -0.1) is 0 Å². The Labute approximate surface area is 131 Å². The summed E-state index contributed by atoms with van der Waals surface area (Å²) in [5, 5.41) is 9.20. The molecule has 6 nitrogen and oxygen atoms in total. The van der Waals surface area contributed by atoms with Gasteiger partial charge in [-0.05, 0) is 23.8 Å². The number of phenols is 1. The van der Waals surface area contributed by atoms with E-state index in [-0.39, 0.29) is 16.6 Å². The van der Waals surface area contributed by atoms with Crippen molar-refractivity contribution in [1.29, 1.82) is 0 Å². The Morgan fingerprint density at radius 3 is 2.48 bits per heavy atom. The van der Waals surface area contributed by atoms with E-state index in [2.05, 4.69) is 0 Å². The number of aromatic hydroxyl groups is 1. The zero-order valence-electron chi connectivity index (χ0n) is 10.6. The summed E-state index contributed by atoms with van der Waals surface area (Å²) >= 11 is 6.09. The molecule has 0 saturated carbocycles. The van der Waals surface area contributed by atoms with E-state index >= 15 is 0 Å². The number of carbonyl (C=O) groups excluding carboxylic acids is 1. The molecule has 1 aliphatic heterocycles. The lowest BCUT2D eigenvalue weighted by Gasteiger charge is -2.12. The van der Waals surface area contributed by atoms with Gasteiger partial charge in [0.1, 0.15) is 10.1 Å². The molecule has 112 valence electrons. The summed E-state index contributed by atoms with van der Waals surface area (Å²) in [5.74, 6) is -0.846. The summed E-state index contributed by atoms with van der Waals surface area (Å²) in [5.41, 5.74) is 0.711. The van der Waals surface area contributed by atoms with Crippen LogP contribution in [-0.2, 0) is 14.9 Å². The second-order valence-electron chi connectivity index (χ2n) is 4.21. The molecule has 1 aliphatic rings. The molecule has 2 rings (SSSR count). The van der Waals surface area contributed by atoms with E-state index in [9.17, 15) is 18.3 Å². The first-order chi connectivity index (χ1) is 9.76. The molecule has 1 heterocycles. The van der Waals surface area contributed by atoms with Gasteiger partial charge in [-0.1, -0.05) is 36.1 Å². The van der Waals surface area contributed by atoms with Gasteiger partial charge in [0.25, 0.3) is 16.0 Å². The molecule has 0 aromatic heterocycles. The van der Waals surface area contributed by atoms with Gasteiger partial charge >= 0.3 is 0 Å². The Kier molecular flexibility index (Phi) is 4.67. The molecule has 0 atom stereocenters. The minimum atomic E-state index is -4.15. The monoisotopic (exact) mass is 345 g/mol. The van der Waals surface area contributed by atoms with Crippen LogP contribution in [0.5, 0.6) is 5.75 Å². The Hall–Kier alpha value is -1.42. The maximum absolute atomic E-state index is 12.1. The molecule has 21 heavy (non-hydrogen) atoms. The van der Waals surface area contributed by atoms with Crippen LogP contribution in [-0.4, -0.2) is 45.5 Å². The van der Waals surface area contributed by atoms with Crippen LogP contribution in [0.15, 0.2) is 29.2 Å². The SMILES string of the molecule is O=C1/C(=C/c2ccc(O)cc2)SC(=S)N1CCS(=O)(=O)O. The third-order valence-electron chi connectivity index (χ3n) is 2.64. The first-order valence-electron chi connectivity index (χ1n) is 5.76. The minimum absolute atomic E-state index is 0.118. The number of carbonyl (C=O) groups is 1. The lowest BCUT2D eigenvalue weighted by Crippen LogP contribution is -2.32. The van der Waals surface area contributed by atoms with Crippen molar-refractivity contribution in [2.24, 2.45) is 0 Å². The van der Waals surface area contributed by atoms with Crippen LogP contribution in [0.1, 0.15) is 5.56 Å². The molecule has 1 saturated heterocycles. The number of thioether (sulfide) groups is 1. The van der Waals surface area contributed by atoms with Gasteiger partial charge in [0.05, 0.1) is 10.7 Å². The van der Waals surface area contributed by atoms with Crippen molar-refractivity contribution in [3.63, 3.8) is 0 Å². The lowest BCUT2D eigenvalue weighted by atomic mass is 10.2. The van der Waals surface area contributed by atoms with E-state index in [4.69, 9.17) is 16.8 Å². The standard InChI is InChI=1S/C12H11NO5S3/c14-9-3-1-8(2-4-9)7-10-11(15)13(12(19)20-10)5-6-21(16,17)18/h1-4,7,14H,5-6H2,(H,16,17,18)/b10-7-. The predicted octanol–water partition coefficient (Wildman–Crippen LogP) is 1.48. The van der Waals surface area contributed by atoms with Crippen LogP contribution in [0.25, 0.3) is 6.08 Å². The first kappa shape index (κ1) is 16.0. The van der Waals surface area contributed by atoms with E-state index in [1.54, 1.807) is 18.2 Å². The van der Waals surface area contributed by atoms with E-state index in [1.807, 2.05) is 0 Å². The molecule has 2 N–H and O–H groups in total. The fourth-order valence-corrected chi connectivity index (χ4v) is 3.34. The number of hydrogen-bond donors (Lipinski definition) is 2.